The number of nitriles is 1. The molecule has 0 aromatic heterocycles. The molecule has 22 heavy (non-hydrogen) atoms. The fourth-order valence-corrected chi connectivity index (χ4v) is 2.42. The van der Waals surface area contributed by atoms with Crippen molar-refractivity contribution in [2.24, 2.45) is 5.92 Å². The number of hydrogen-bond donors (Lipinski definition) is 1. The molecule has 1 aromatic carbocycles. The molecule has 1 N–H and O–H groups in total. The van der Waals surface area contributed by atoms with Gasteiger partial charge in [-0.2, -0.15) is 5.26 Å². The second-order valence-electron chi connectivity index (χ2n) is 5.74. The van der Waals surface area contributed by atoms with Crippen LogP contribution in [0.4, 0.5) is 5.69 Å². The monoisotopic (exact) mass is 304 g/mol. The third-order valence-electron chi connectivity index (χ3n) is 3.34. The van der Waals surface area contributed by atoms with Crippen LogP contribution in [0.5, 0.6) is 5.75 Å². The zero-order valence-electron chi connectivity index (χ0n) is 13.9. The van der Waals surface area contributed by atoms with E-state index in [1.165, 1.54) is 7.11 Å². The van der Waals surface area contributed by atoms with Crippen LogP contribution in [-0.2, 0) is 9.53 Å². The Morgan fingerprint density at radius 2 is 2.14 bits per heavy atom. The average molecular weight is 304 g/mol. The maximum atomic E-state index is 12.6. The molecular weight excluding hydrogens is 280 g/mol. The summed E-state index contributed by atoms with van der Waals surface area (Å²) in [6, 6.07) is 7.03. The lowest BCUT2D eigenvalue weighted by molar-refractivity contribution is -0.140. The molecule has 1 rings (SSSR count). The number of rotatable bonds is 7. The number of nitrogens with one attached hydrogen (secondary N) is 1. The van der Waals surface area contributed by atoms with Gasteiger partial charge in [-0.1, -0.05) is 13.8 Å². The lowest BCUT2D eigenvalue weighted by Crippen LogP contribution is -2.44. The molecular formula is C17H24N2O3. The Morgan fingerprint density at radius 3 is 2.64 bits per heavy atom. The van der Waals surface area contributed by atoms with Gasteiger partial charge in [-0.25, -0.2) is 0 Å². The van der Waals surface area contributed by atoms with E-state index < -0.39 is 5.60 Å². The number of benzene rings is 1. The van der Waals surface area contributed by atoms with Gasteiger partial charge in [-0.3, -0.25) is 4.79 Å². The quantitative estimate of drug-likeness (QED) is 0.838. The van der Waals surface area contributed by atoms with Gasteiger partial charge in [0.15, 0.2) is 0 Å². The van der Waals surface area contributed by atoms with Gasteiger partial charge in [0.1, 0.15) is 17.4 Å². The fraction of sp³-hybridized carbons (Fsp3) is 0.529. The highest BCUT2D eigenvalue weighted by Gasteiger charge is 2.35. The van der Waals surface area contributed by atoms with E-state index in [4.69, 9.17) is 9.47 Å². The number of amides is 1. The highest BCUT2D eigenvalue weighted by atomic mass is 16.5. The summed E-state index contributed by atoms with van der Waals surface area (Å²) in [4.78, 5) is 12.6. The van der Waals surface area contributed by atoms with E-state index >= 15 is 0 Å². The summed E-state index contributed by atoms with van der Waals surface area (Å²) in [6.45, 7) is 8.17. The van der Waals surface area contributed by atoms with Gasteiger partial charge in [0, 0.05) is 6.61 Å². The maximum Gasteiger partial charge on any atom is 0.256 e. The fourth-order valence-electron chi connectivity index (χ4n) is 2.42. The second kappa shape index (κ2) is 7.81. The number of carbonyl (C=O) groups is 1. The van der Waals surface area contributed by atoms with Gasteiger partial charge in [0.05, 0.1) is 18.4 Å². The third kappa shape index (κ3) is 4.47. The van der Waals surface area contributed by atoms with Crippen molar-refractivity contribution in [3.8, 4) is 11.8 Å². The lowest BCUT2D eigenvalue weighted by Gasteiger charge is -2.30. The van der Waals surface area contributed by atoms with Crippen LogP contribution < -0.4 is 10.1 Å². The van der Waals surface area contributed by atoms with E-state index in [-0.39, 0.29) is 5.91 Å². The summed E-state index contributed by atoms with van der Waals surface area (Å²) in [5, 5.41) is 12.0. The first-order chi connectivity index (χ1) is 10.4. The van der Waals surface area contributed by atoms with Gasteiger partial charge in [-0.15, -0.1) is 0 Å². The smallest absolute Gasteiger partial charge is 0.256 e. The molecule has 0 radical (unpaired) electrons. The molecule has 1 atom stereocenters. The molecule has 5 heteroatoms. The Morgan fingerprint density at radius 1 is 1.45 bits per heavy atom. The summed E-state index contributed by atoms with van der Waals surface area (Å²) >= 11 is 0. The normalized spacial score (nSPS) is 13.3. The maximum absolute atomic E-state index is 12.6. The Hall–Kier alpha value is -2.06. The van der Waals surface area contributed by atoms with Crippen LogP contribution in [0.25, 0.3) is 0 Å². The standard InChI is InChI=1S/C17H24N2O3/c1-6-22-17(4,10-12(2)3)16(20)19-15-8-7-14(21-5)9-13(15)11-18/h7-9,12H,6,10H2,1-5H3,(H,19,20)/t17-/m0/s1. The summed E-state index contributed by atoms with van der Waals surface area (Å²) in [7, 11) is 1.53. The minimum absolute atomic E-state index is 0.246. The lowest BCUT2D eigenvalue weighted by atomic mass is 9.93. The summed E-state index contributed by atoms with van der Waals surface area (Å²) in [5.41, 5.74) is -0.102. The Kier molecular flexibility index (Phi) is 6.39. The first kappa shape index (κ1) is 18.0. The van der Waals surface area contributed by atoms with Crippen molar-refractivity contribution in [3.63, 3.8) is 0 Å². The molecule has 0 spiro atoms. The largest absolute Gasteiger partial charge is 0.497 e. The van der Waals surface area contributed by atoms with Crippen LogP contribution in [-0.4, -0.2) is 25.2 Å². The molecule has 0 bridgehead atoms. The van der Waals surface area contributed by atoms with E-state index in [1.54, 1.807) is 25.1 Å². The molecule has 0 fully saturated rings. The highest BCUT2D eigenvalue weighted by Crippen LogP contribution is 2.26. The molecule has 5 nitrogen and oxygen atoms in total. The van der Waals surface area contributed by atoms with Crippen LogP contribution in [0.15, 0.2) is 18.2 Å². The average Bonchev–Trinajstić information content (AvgIpc) is 2.46. The topological polar surface area (TPSA) is 71.3 Å². The van der Waals surface area contributed by atoms with Crippen LogP contribution in [0.3, 0.4) is 0 Å². The van der Waals surface area contributed by atoms with Crippen molar-refractivity contribution < 1.29 is 14.3 Å². The van der Waals surface area contributed by atoms with Crippen molar-refractivity contribution >= 4 is 11.6 Å². The summed E-state index contributed by atoms with van der Waals surface area (Å²) in [6.07, 6.45) is 0.602. The molecule has 0 aliphatic rings. The predicted octanol–water partition coefficient (Wildman–Crippen LogP) is 3.35. The molecule has 0 saturated carbocycles. The Bertz CT molecular complexity index is 564. The van der Waals surface area contributed by atoms with Gasteiger partial charge in [0.2, 0.25) is 0 Å². The number of hydrogen-bond acceptors (Lipinski definition) is 4. The molecule has 120 valence electrons. The van der Waals surface area contributed by atoms with Crippen molar-refractivity contribution in [2.75, 3.05) is 19.0 Å². The van der Waals surface area contributed by atoms with Gasteiger partial charge >= 0.3 is 0 Å². The van der Waals surface area contributed by atoms with E-state index in [0.29, 0.717) is 35.9 Å². The van der Waals surface area contributed by atoms with Crippen LogP contribution in [0.2, 0.25) is 0 Å². The molecule has 0 heterocycles. The van der Waals surface area contributed by atoms with Crippen LogP contribution in [0, 0.1) is 17.2 Å². The van der Waals surface area contributed by atoms with Gasteiger partial charge < -0.3 is 14.8 Å². The summed E-state index contributed by atoms with van der Waals surface area (Å²) in [5.74, 6) is 0.641. The van der Waals surface area contributed by atoms with E-state index in [2.05, 4.69) is 11.4 Å². The zero-order valence-corrected chi connectivity index (χ0v) is 13.9. The Labute approximate surface area is 132 Å². The minimum Gasteiger partial charge on any atom is -0.497 e. The number of carbonyl (C=O) groups excluding carboxylic acids is 1. The Balaban J connectivity index is 3.01. The van der Waals surface area contributed by atoms with E-state index in [1.807, 2.05) is 20.8 Å². The first-order valence-corrected chi connectivity index (χ1v) is 7.39. The molecule has 0 aliphatic heterocycles. The summed E-state index contributed by atoms with van der Waals surface area (Å²) < 4.78 is 10.8. The van der Waals surface area contributed by atoms with Crippen molar-refractivity contribution in [1.82, 2.24) is 0 Å². The SMILES string of the molecule is CCO[C@@](C)(CC(C)C)C(=O)Nc1ccc(OC)cc1C#N. The van der Waals surface area contributed by atoms with E-state index in [9.17, 15) is 10.1 Å². The number of methoxy groups -OCH3 is 1. The van der Waals surface area contributed by atoms with Crippen LogP contribution in [0.1, 0.15) is 39.7 Å². The van der Waals surface area contributed by atoms with E-state index in [0.717, 1.165) is 0 Å². The molecule has 1 amide bonds. The molecule has 0 aliphatic carbocycles. The predicted molar refractivity (Wildman–Crippen MR) is 85.8 cm³/mol. The molecule has 1 aromatic rings. The van der Waals surface area contributed by atoms with Crippen molar-refractivity contribution in [2.45, 2.75) is 39.7 Å². The second-order valence-corrected chi connectivity index (χ2v) is 5.74. The first-order valence-electron chi connectivity index (χ1n) is 7.39. The number of nitrogens with zero attached hydrogens (tertiary/aromatic N) is 1. The molecule has 0 unspecified atom stereocenters. The van der Waals surface area contributed by atoms with Crippen molar-refractivity contribution in [1.29, 1.82) is 5.26 Å². The van der Waals surface area contributed by atoms with Gasteiger partial charge in [-0.05, 0) is 44.4 Å². The number of ether oxygens (including phenoxy) is 2. The number of anilines is 1. The third-order valence-corrected chi connectivity index (χ3v) is 3.34. The van der Waals surface area contributed by atoms with Gasteiger partial charge in [0.25, 0.3) is 5.91 Å². The van der Waals surface area contributed by atoms with Crippen molar-refractivity contribution in [3.05, 3.63) is 23.8 Å². The zero-order chi connectivity index (χ0) is 16.8. The van der Waals surface area contributed by atoms with Crippen LogP contribution >= 0.6 is 0 Å². The highest BCUT2D eigenvalue weighted by molar-refractivity contribution is 5.98. The minimum atomic E-state index is -0.921. The molecule has 0 saturated heterocycles.